The summed E-state index contributed by atoms with van der Waals surface area (Å²) in [5.74, 6) is -0.136. The second-order valence-corrected chi connectivity index (χ2v) is 5.19. The summed E-state index contributed by atoms with van der Waals surface area (Å²) >= 11 is 7.23. The van der Waals surface area contributed by atoms with Gasteiger partial charge in [0.05, 0.1) is 40.9 Å². The van der Waals surface area contributed by atoms with Crippen LogP contribution in [0, 0.1) is 5.82 Å². The topological polar surface area (TPSA) is 73.1 Å². The predicted molar refractivity (Wildman–Crippen MR) is 83.1 cm³/mol. The molecular weight excluding hydrogens is 315 g/mol. The average Bonchev–Trinajstić information content (AvgIpc) is 2.93. The highest BCUT2D eigenvalue weighted by Gasteiger charge is 2.14. The number of rotatable bonds is 3. The fourth-order valence-electron chi connectivity index (χ4n) is 1.92. The molecule has 0 aliphatic carbocycles. The Balaban J connectivity index is 2.10. The third-order valence-corrected chi connectivity index (χ3v) is 3.81. The van der Waals surface area contributed by atoms with Crippen molar-refractivity contribution >= 4 is 51.4 Å². The minimum absolute atomic E-state index is 0.198. The summed E-state index contributed by atoms with van der Waals surface area (Å²) in [6.07, 6.45) is 0. The molecule has 0 saturated heterocycles. The average molecular weight is 325 g/mol. The number of hydrogen-bond donors (Lipinski definition) is 2. The third kappa shape index (κ3) is 2.45. The second-order valence-electron chi connectivity index (χ2n) is 4.25. The number of ether oxygens (including phenoxy) is 1. The van der Waals surface area contributed by atoms with E-state index in [4.69, 9.17) is 22.1 Å². The summed E-state index contributed by atoms with van der Waals surface area (Å²) in [6.45, 7) is 0. The van der Waals surface area contributed by atoms with Crippen molar-refractivity contribution in [1.29, 1.82) is 0 Å². The maximum absolute atomic E-state index is 14.0. The van der Waals surface area contributed by atoms with Gasteiger partial charge in [0.2, 0.25) is 0 Å². The van der Waals surface area contributed by atoms with E-state index < -0.39 is 5.82 Å². The van der Waals surface area contributed by atoms with Crippen molar-refractivity contribution in [3.63, 3.8) is 0 Å². The molecule has 21 heavy (non-hydrogen) atoms. The van der Waals surface area contributed by atoms with Crippen molar-refractivity contribution in [1.82, 2.24) is 8.75 Å². The zero-order valence-corrected chi connectivity index (χ0v) is 12.4. The number of anilines is 3. The Kier molecular flexibility index (Phi) is 3.52. The maximum atomic E-state index is 14.0. The van der Waals surface area contributed by atoms with E-state index in [1.54, 1.807) is 12.1 Å². The summed E-state index contributed by atoms with van der Waals surface area (Å²) in [6, 6.07) is 6.10. The van der Waals surface area contributed by atoms with Crippen LogP contribution in [0.2, 0.25) is 5.02 Å². The van der Waals surface area contributed by atoms with Crippen molar-refractivity contribution < 1.29 is 9.13 Å². The Bertz CT molecular complexity index is 823. The van der Waals surface area contributed by atoms with Crippen molar-refractivity contribution in [3.8, 4) is 5.75 Å². The molecule has 0 amide bonds. The van der Waals surface area contributed by atoms with Crippen LogP contribution < -0.4 is 15.8 Å². The van der Waals surface area contributed by atoms with Gasteiger partial charge in [-0.15, -0.1) is 0 Å². The Morgan fingerprint density at radius 3 is 2.90 bits per heavy atom. The lowest BCUT2D eigenvalue weighted by Gasteiger charge is -2.12. The van der Waals surface area contributed by atoms with Crippen LogP contribution in [0.4, 0.5) is 21.5 Å². The molecule has 5 nitrogen and oxygen atoms in total. The standard InChI is InChI=1S/C13H10ClFN4OS/c1-20-11-5-10(7(15)4-8(11)16)17-12-6(14)2-3-9-13(12)19-21-18-9/h2-5,17H,16H2,1H3. The highest BCUT2D eigenvalue weighted by molar-refractivity contribution is 7.00. The van der Waals surface area contributed by atoms with E-state index in [-0.39, 0.29) is 11.4 Å². The van der Waals surface area contributed by atoms with E-state index in [1.807, 2.05) is 0 Å². The van der Waals surface area contributed by atoms with Gasteiger partial charge in [-0.1, -0.05) is 11.6 Å². The molecule has 0 radical (unpaired) electrons. The van der Waals surface area contributed by atoms with Crippen molar-refractivity contribution in [2.45, 2.75) is 0 Å². The summed E-state index contributed by atoms with van der Waals surface area (Å²) in [5.41, 5.74) is 7.85. The molecule has 0 aliphatic heterocycles. The van der Waals surface area contributed by atoms with E-state index in [0.717, 1.165) is 11.7 Å². The second kappa shape index (κ2) is 5.34. The Labute approximate surface area is 128 Å². The number of nitrogens with two attached hydrogens (primary N) is 1. The number of halogens is 2. The molecule has 0 aliphatic rings. The number of aromatic nitrogens is 2. The zero-order valence-electron chi connectivity index (χ0n) is 10.9. The molecule has 3 aromatic rings. The number of fused-ring (bicyclic) bond motifs is 1. The first kappa shape index (κ1) is 13.8. The number of nitrogens with zero attached hydrogens (tertiary/aromatic N) is 2. The highest BCUT2D eigenvalue weighted by atomic mass is 35.5. The molecule has 0 spiro atoms. The molecule has 1 aromatic heterocycles. The summed E-state index contributed by atoms with van der Waals surface area (Å²) in [4.78, 5) is 0. The van der Waals surface area contributed by atoms with Crippen LogP contribution >= 0.6 is 23.3 Å². The molecule has 8 heteroatoms. The number of nitrogens with one attached hydrogen (secondary N) is 1. The predicted octanol–water partition coefficient (Wildman–Crippen LogP) is 3.82. The first-order valence-electron chi connectivity index (χ1n) is 5.91. The third-order valence-electron chi connectivity index (χ3n) is 2.96. The van der Waals surface area contributed by atoms with E-state index in [0.29, 0.717) is 27.5 Å². The summed E-state index contributed by atoms with van der Waals surface area (Å²) in [5, 5.41) is 3.35. The van der Waals surface area contributed by atoms with Gasteiger partial charge >= 0.3 is 0 Å². The minimum Gasteiger partial charge on any atom is -0.495 e. The number of methoxy groups -OCH3 is 1. The van der Waals surface area contributed by atoms with Gasteiger partial charge in [0.15, 0.2) is 0 Å². The first-order chi connectivity index (χ1) is 10.1. The van der Waals surface area contributed by atoms with Crippen LogP contribution in [0.3, 0.4) is 0 Å². The van der Waals surface area contributed by atoms with Crippen LogP contribution in [-0.4, -0.2) is 15.9 Å². The lowest BCUT2D eigenvalue weighted by molar-refractivity contribution is 0.416. The number of hydrogen-bond acceptors (Lipinski definition) is 6. The molecule has 0 fully saturated rings. The van der Waals surface area contributed by atoms with Gasteiger partial charge in [0, 0.05) is 12.1 Å². The maximum Gasteiger partial charge on any atom is 0.148 e. The Hall–Kier alpha value is -2.12. The van der Waals surface area contributed by atoms with Crippen molar-refractivity contribution in [3.05, 3.63) is 35.1 Å². The van der Waals surface area contributed by atoms with E-state index in [9.17, 15) is 4.39 Å². The monoisotopic (exact) mass is 324 g/mol. The number of nitrogen functional groups attached to an aromatic ring is 1. The fraction of sp³-hybridized carbons (Fsp3) is 0.0769. The molecule has 3 N–H and O–H groups in total. The van der Waals surface area contributed by atoms with Crippen LogP contribution in [0.1, 0.15) is 0 Å². The van der Waals surface area contributed by atoms with Crippen LogP contribution in [0.5, 0.6) is 5.75 Å². The van der Waals surface area contributed by atoms with Gasteiger partial charge in [-0.25, -0.2) is 4.39 Å². The smallest absolute Gasteiger partial charge is 0.148 e. The molecule has 0 atom stereocenters. The molecule has 1 heterocycles. The Morgan fingerprint density at radius 2 is 2.14 bits per heavy atom. The highest BCUT2D eigenvalue weighted by Crippen LogP contribution is 2.35. The number of benzene rings is 2. The SMILES string of the molecule is COc1cc(Nc2c(Cl)ccc3nsnc23)c(F)cc1N. The summed E-state index contributed by atoms with van der Waals surface area (Å²) in [7, 11) is 1.46. The molecule has 108 valence electrons. The van der Waals surface area contributed by atoms with Gasteiger partial charge in [0.25, 0.3) is 0 Å². The van der Waals surface area contributed by atoms with E-state index in [1.165, 1.54) is 19.2 Å². The normalized spacial score (nSPS) is 10.8. The van der Waals surface area contributed by atoms with Gasteiger partial charge in [-0.05, 0) is 12.1 Å². The minimum atomic E-state index is -0.510. The van der Waals surface area contributed by atoms with Crippen molar-refractivity contribution in [2.24, 2.45) is 0 Å². The largest absolute Gasteiger partial charge is 0.495 e. The van der Waals surface area contributed by atoms with E-state index in [2.05, 4.69) is 14.1 Å². The van der Waals surface area contributed by atoms with Crippen molar-refractivity contribution in [2.75, 3.05) is 18.2 Å². The molecule has 2 aromatic carbocycles. The molecule has 0 bridgehead atoms. The van der Waals surface area contributed by atoms with Crippen LogP contribution in [-0.2, 0) is 0 Å². The van der Waals surface area contributed by atoms with Crippen LogP contribution in [0.25, 0.3) is 11.0 Å². The fourth-order valence-corrected chi connectivity index (χ4v) is 2.66. The van der Waals surface area contributed by atoms with Gasteiger partial charge in [-0.2, -0.15) is 8.75 Å². The van der Waals surface area contributed by atoms with Gasteiger partial charge in [-0.3, -0.25) is 0 Å². The molecule has 0 unspecified atom stereocenters. The van der Waals surface area contributed by atoms with Gasteiger partial charge < -0.3 is 15.8 Å². The quantitative estimate of drug-likeness (QED) is 0.716. The molecule has 0 saturated carbocycles. The lowest BCUT2D eigenvalue weighted by Crippen LogP contribution is -1.99. The molecular formula is C13H10ClFN4OS. The first-order valence-corrected chi connectivity index (χ1v) is 7.02. The Morgan fingerprint density at radius 1 is 1.33 bits per heavy atom. The zero-order chi connectivity index (χ0) is 15.0. The van der Waals surface area contributed by atoms with E-state index >= 15 is 0 Å². The molecule has 3 rings (SSSR count). The van der Waals surface area contributed by atoms with Gasteiger partial charge in [0.1, 0.15) is 22.6 Å². The lowest BCUT2D eigenvalue weighted by atomic mass is 10.2. The summed E-state index contributed by atoms with van der Waals surface area (Å²) < 4.78 is 27.4. The van der Waals surface area contributed by atoms with Crippen LogP contribution in [0.15, 0.2) is 24.3 Å².